The summed E-state index contributed by atoms with van der Waals surface area (Å²) in [6, 6.07) is 3.88. The van der Waals surface area contributed by atoms with E-state index in [1.807, 2.05) is 26.0 Å². The molecule has 0 atom stereocenters. The van der Waals surface area contributed by atoms with Crippen LogP contribution in [0.3, 0.4) is 0 Å². The molecule has 0 amide bonds. The van der Waals surface area contributed by atoms with Crippen molar-refractivity contribution in [2.24, 2.45) is 0 Å². The summed E-state index contributed by atoms with van der Waals surface area (Å²) < 4.78 is 1.81. The maximum Gasteiger partial charge on any atom is 0.277 e. The van der Waals surface area contributed by atoms with Gasteiger partial charge in [-0.3, -0.25) is 4.79 Å². The molecule has 3 N–H and O–H groups in total. The number of nitrogens with two attached hydrogens (primary N) is 1. The van der Waals surface area contributed by atoms with E-state index in [0.29, 0.717) is 11.5 Å². The van der Waals surface area contributed by atoms with Crippen LogP contribution >= 0.6 is 0 Å². The minimum absolute atomic E-state index is 0.215. The van der Waals surface area contributed by atoms with E-state index in [9.17, 15) is 4.79 Å². The van der Waals surface area contributed by atoms with Crippen LogP contribution in [0.2, 0.25) is 0 Å². The maximum absolute atomic E-state index is 11.9. The van der Waals surface area contributed by atoms with E-state index in [-0.39, 0.29) is 11.4 Å². The molecule has 0 unspecified atom stereocenters. The first-order valence-electron chi connectivity index (χ1n) is 5.02. The van der Waals surface area contributed by atoms with Crippen LogP contribution in [0.15, 0.2) is 16.9 Å². The highest BCUT2D eigenvalue weighted by atomic mass is 16.1. The zero-order valence-electron chi connectivity index (χ0n) is 9.53. The molecule has 5 heteroatoms. The summed E-state index contributed by atoms with van der Waals surface area (Å²) in [6.07, 6.45) is 0. The Hall–Kier alpha value is -2.04. The quantitative estimate of drug-likeness (QED) is 0.751. The zero-order valence-corrected chi connectivity index (χ0v) is 9.53. The average Bonchev–Trinajstić information content (AvgIpc) is 2.47. The molecular formula is C11H14N4O. The third kappa shape index (κ3) is 1.50. The Morgan fingerprint density at radius 2 is 1.81 bits per heavy atom. The summed E-state index contributed by atoms with van der Waals surface area (Å²) in [5.41, 5.74) is 7.90. The van der Waals surface area contributed by atoms with Gasteiger partial charge in [0.1, 0.15) is 5.82 Å². The molecule has 0 radical (unpaired) electrons. The number of H-pyrrole nitrogens is 1. The van der Waals surface area contributed by atoms with Gasteiger partial charge in [0.25, 0.3) is 5.56 Å². The van der Waals surface area contributed by atoms with Gasteiger partial charge in [-0.25, -0.2) is 4.98 Å². The van der Waals surface area contributed by atoms with Crippen LogP contribution in [-0.4, -0.2) is 14.5 Å². The standard InChI is InChI=1S/C11H14N4O/c1-6-4-5-7(2)15(6)9-10(12)13-8(3)14-11(9)16/h4-5H,1-3H3,(H3,12,13,14,16). The number of anilines is 1. The molecule has 2 heterocycles. The summed E-state index contributed by atoms with van der Waals surface area (Å²) in [5, 5.41) is 0. The van der Waals surface area contributed by atoms with Gasteiger partial charge in [0, 0.05) is 11.4 Å². The zero-order chi connectivity index (χ0) is 11.9. The first kappa shape index (κ1) is 10.5. The number of nitrogens with zero attached hydrogens (tertiary/aromatic N) is 2. The van der Waals surface area contributed by atoms with Gasteiger partial charge in [-0.05, 0) is 32.9 Å². The molecule has 0 aliphatic carbocycles. The molecule has 16 heavy (non-hydrogen) atoms. The Kier molecular flexibility index (Phi) is 2.30. The smallest absolute Gasteiger partial charge is 0.277 e. The van der Waals surface area contributed by atoms with Crippen LogP contribution in [0, 0.1) is 20.8 Å². The third-order valence-electron chi connectivity index (χ3n) is 2.54. The highest BCUT2D eigenvalue weighted by molar-refractivity contribution is 5.52. The lowest BCUT2D eigenvalue weighted by atomic mass is 10.4. The fourth-order valence-electron chi connectivity index (χ4n) is 1.84. The highest BCUT2D eigenvalue weighted by Gasteiger charge is 2.12. The van der Waals surface area contributed by atoms with Crippen molar-refractivity contribution in [3.63, 3.8) is 0 Å². The summed E-state index contributed by atoms with van der Waals surface area (Å²) in [4.78, 5) is 18.6. The number of rotatable bonds is 1. The number of nitrogen functional groups attached to an aromatic ring is 1. The minimum atomic E-state index is -0.215. The second-order valence-corrected chi connectivity index (χ2v) is 3.84. The number of aromatic nitrogens is 3. The van der Waals surface area contributed by atoms with Crippen molar-refractivity contribution in [3.05, 3.63) is 39.7 Å². The molecular weight excluding hydrogens is 204 g/mol. The van der Waals surface area contributed by atoms with Crippen molar-refractivity contribution in [2.75, 3.05) is 5.73 Å². The lowest BCUT2D eigenvalue weighted by Gasteiger charge is -2.10. The van der Waals surface area contributed by atoms with Crippen LogP contribution in [0.4, 0.5) is 5.82 Å². The number of hydrogen-bond donors (Lipinski definition) is 2. The molecule has 0 aliphatic rings. The van der Waals surface area contributed by atoms with E-state index < -0.39 is 0 Å². The number of nitrogens with one attached hydrogen (secondary N) is 1. The van der Waals surface area contributed by atoms with Crippen molar-refractivity contribution in [2.45, 2.75) is 20.8 Å². The van der Waals surface area contributed by atoms with Gasteiger partial charge in [0.2, 0.25) is 0 Å². The minimum Gasteiger partial charge on any atom is -0.382 e. The van der Waals surface area contributed by atoms with E-state index >= 15 is 0 Å². The summed E-state index contributed by atoms with van der Waals surface area (Å²) in [7, 11) is 0. The maximum atomic E-state index is 11.9. The monoisotopic (exact) mass is 218 g/mol. The van der Waals surface area contributed by atoms with E-state index in [4.69, 9.17) is 5.73 Å². The first-order chi connectivity index (χ1) is 7.50. The SMILES string of the molecule is Cc1nc(N)c(-n2c(C)ccc2C)c(=O)[nH]1. The molecule has 5 nitrogen and oxygen atoms in total. The molecule has 2 aromatic rings. The molecule has 84 valence electrons. The van der Waals surface area contributed by atoms with Gasteiger partial charge in [-0.15, -0.1) is 0 Å². The lowest BCUT2D eigenvalue weighted by molar-refractivity contribution is 0.908. The number of hydrogen-bond acceptors (Lipinski definition) is 3. The number of aromatic amines is 1. The van der Waals surface area contributed by atoms with Gasteiger partial charge in [-0.2, -0.15) is 0 Å². The summed E-state index contributed by atoms with van der Waals surface area (Å²) in [5.74, 6) is 0.775. The fraction of sp³-hybridized carbons (Fsp3) is 0.273. The van der Waals surface area contributed by atoms with Gasteiger partial charge in [0.15, 0.2) is 11.5 Å². The number of aryl methyl sites for hydroxylation is 3. The largest absolute Gasteiger partial charge is 0.382 e. The van der Waals surface area contributed by atoms with Gasteiger partial charge < -0.3 is 15.3 Å². The summed E-state index contributed by atoms with van der Waals surface area (Å²) in [6.45, 7) is 5.55. The highest BCUT2D eigenvalue weighted by Crippen LogP contribution is 2.16. The molecule has 0 saturated carbocycles. The second-order valence-electron chi connectivity index (χ2n) is 3.84. The summed E-state index contributed by atoms with van der Waals surface area (Å²) >= 11 is 0. The normalized spacial score (nSPS) is 10.7. The molecule has 0 fully saturated rings. The molecule has 0 spiro atoms. The van der Waals surface area contributed by atoms with Gasteiger partial charge in [-0.1, -0.05) is 0 Å². The average molecular weight is 218 g/mol. The van der Waals surface area contributed by atoms with Crippen LogP contribution in [-0.2, 0) is 0 Å². The first-order valence-corrected chi connectivity index (χ1v) is 5.02. The molecule has 0 bridgehead atoms. The Morgan fingerprint density at radius 1 is 1.25 bits per heavy atom. The van der Waals surface area contributed by atoms with Crippen LogP contribution in [0.5, 0.6) is 0 Å². The van der Waals surface area contributed by atoms with E-state index in [2.05, 4.69) is 9.97 Å². The Morgan fingerprint density at radius 3 is 2.31 bits per heavy atom. The van der Waals surface area contributed by atoms with Crippen LogP contribution < -0.4 is 11.3 Å². The Bertz CT molecular complexity index is 575. The Balaban J connectivity index is 2.80. The topological polar surface area (TPSA) is 76.7 Å². The van der Waals surface area contributed by atoms with E-state index in [1.54, 1.807) is 11.5 Å². The van der Waals surface area contributed by atoms with Gasteiger partial charge >= 0.3 is 0 Å². The Labute approximate surface area is 92.9 Å². The molecule has 0 saturated heterocycles. The molecule has 0 aromatic carbocycles. The third-order valence-corrected chi connectivity index (χ3v) is 2.54. The lowest BCUT2D eigenvalue weighted by Crippen LogP contribution is -2.21. The van der Waals surface area contributed by atoms with Crippen molar-refractivity contribution < 1.29 is 0 Å². The predicted molar refractivity (Wildman–Crippen MR) is 62.8 cm³/mol. The van der Waals surface area contributed by atoms with Crippen molar-refractivity contribution in [1.82, 2.24) is 14.5 Å². The molecule has 2 rings (SSSR count). The second kappa shape index (κ2) is 3.52. The molecule has 2 aromatic heterocycles. The van der Waals surface area contributed by atoms with E-state index in [0.717, 1.165) is 11.4 Å². The van der Waals surface area contributed by atoms with E-state index in [1.165, 1.54) is 0 Å². The predicted octanol–water partition coefficient (Wildman–Crippen LogP) is 1.07. The fourth-order valence-corrected chi connectivity index (χ4v) is 1.84. The van der Waals surface area contributed by atoms with Crippen LogP contribution in [0.1, 0.15) is 17.2 Å². The molecule has 0 aliphatic heterocycles. The van der Waals surface area contributed by atoms with Gasteiger partial charge in [0.05, 0.1) is 0 Å². The van der Waals surface area contributed by atoms with Crippen LogP contribution in [0.25, 0.3) is 5.69 Å². The van der Waals surface area contributed by atoms with Crippen molar-refractivity contribution in [1.29, 1.82) is 0 Å². The van der Waals surface area contributed by atoms with Crippen molar-refractivity contribution >= 4 is 5.82 Å². The van der Waals surface area contributed by atoms with Crippen molar-refractivity contribution in [3.8, 4) is 5.69 Å².